The first kappa shape index (κ1) is 8.44. The summed E-state index contributed by atoms with van der Waals surface area (Å²) in [5, 5.41) is 0. The van der Waals surface area contributed by atoms with Crippen LogP contribution in [0.25, 0.3) is 0 Å². The lowest BCUT2D eigenvalue weighted by Crippen LogP contribution is -2.43. The molecule has 70 valence electrons. The largest absolute Gasteiger partial charge is 0.373 e. The molecule has 2 heterocycles. The van der Waals surface area contributed by atoms with Crippen molar-refractivity contribution < 1.29 is 9.47 Å². The zero-order chi connectivity index (χ0) is 8.55. The van der Waals surface area contributed by atoms with Gasteiger partial charge < -0.3 is 20.9 Å². The minimum Gasteiger partial charge on any atom is -0.373 e. The van der Waals surface area contributed by atoms with Crippen LogP contribution in [0.4, 0.5) is 0 Å². The normalized spacial score (nSPS) is 37.5. The summed E-state index contributed by atoms with van der Waals surface area (Å²) in [6.45, 7) is 1.72. The van der Waals surface area contributed by atoms with Crippen molar-refractivity contribution in [1.29, 1.82) is 0 Å². The summed E-state index contributed by atoms with van der Waals surface area (Å²) in [6, 6.07) is 0.142. The minimum absolute atomic E-state index is 0.0710. The Morgan fingerprint density at radius 1 is 1.00 bits per heavy atom. The lowest BCUT2D eigenvalue weighted by Gasteiger charge is -2.17. The molecular formula is C8H16N2O2. The highest BCUT2D eigenvalue weighted by molar-refractivity contribution is 4.87. The van der Waals surface area contributed by atoms with Crippen LogP contribution in [0.15, 0.2) is 0 Å². The molecule has 4 heteroatoms. The van der Waals surface area contributed by atoms with E-state index in [2.05, 4.69) is 0 Å². The average molecular weight is 172 g/mol. The molecule has 0 bridgehead atoms. The Morgan fingerprint density at radius 3 is 1.58 bits per heavy atom. The van der Waals surface area contributed by atoms with E-state index >= 15 is 0 Å². The quantitative estimate of drug-likeness (QED) is 0.533. The van der Waals surface area contributed by atoms with Gasteiger partial charge in [-0.15, -0.1) is 0 Å². The van der Waals surface area contributed by atoms with E-state index in [1.807, 2.05) is 0 Å². The zero-order valence-corrected chi connectivity index (χ0v) is 7.11. The number of ether oxygens (including phenoxy) is 2. The van der Waals surface area contributed by atoms with Gasteiger partial charge in [-0.2, -0.15) is 0 Å². The Bertz CT molecular complexity index is 139. The van der Waals surface area contributed by atoms with Gasteiger partial charge in [0, 0.05) is 12.1 Å². The van der Waals surface area contributed by atoms with Crippen molar-refractivity contribution >= 4 is 0 Å². The van der Waals surface area contributed by atoms with Crippen molar-refractivity contribution in [2.45, 2.75) is 37.1 Å². The van der Waals surface area contributed by atoms with E-state index in [1.54, 1.807) is 0 Å². The van der Waals surface area contributed by atoms with Crippen molar-refractivity contribution in [3.8, 4) is 0 Å². The van der Waals surface area contributed by atoms with Crippen molar-refractivity contribution in [3.05, 3.63) is 0 Å². The van der Waals surface area contributed by atoms with Gasteiger partial charge in [-0.3, -0.25) is 0 Å². The summed E-state index contributed by atoms with van der Waals surface area (Å²) in [5.74, 6) is 0. The molecule has 0 saturated carbocycles. The Morgan fingerprint density at radius 2 is 1.33 bits per heavy atom. The fraction of sp³-hybridized carbons (Fsp3) is 1.00. The van der Waals surface area contributed by atoms with E-state index in [0.717, 1.165) is 26.1 Å². The second-order valence-corrected chi connectivity index (χ2v) is 3.71. The Balaban J connectivity index is 1.65. The Labute approximate surface area is 72.2 Å². The summed E-state index contributed by atoms with van der Waals surface area (Å²) in [7, 11) is 0. The van der Waals surface area contributed by atoms with Crippen LogP contribution in [0.5, 0.6) is 0 Å². The van der Waals surface area contributed by atoms with Crippen molar-refractivity contribution in [2.24, 2.45) is 11.5 Å². The summed E-state index contributed by atoms with van der Waals surface area (Å²) in [6.07, 6.45) is 2.55. The average Bonchev–Trinajstić information content (AvgIpc) is 2.79. The molecule has 2 aliphatic heterocycles. The van der Waals surface area contributed by atoms with E-state index < -0.39 is 0 Å². The van der Waals surface area contributed by atoms with Crippen LogP contribution in [0.3, 0.4) is 0 Å². The third kappa shape index (κ3) is 2.42. The molecule has 2 fully saturated rings. The standard InChI is InChI=1S/C8H16N2O2/c9-7(1-5-3-11-5)8(10)2-6-4-12-6/h5-8H,1-4,9-10H2. The van der Waals surface area contributed by atoms with Crippen LogP contribution in [-0.4, -0.2) is 37.5 Å². The molecule has 0 aromatic carbocycles. The van der Waals surface area contributed by atoms with Gasteiger partial charge in [-0.1, -0.05) is 0 Å². The molecule has 0 aromatic rings. The molecule has 4 unspecified atom stereocenters. The second-order valence-electron chi connectivity index (χ2n) is 3.71. The molecule has 2 saturated heterocycles. The van der Waals surface area contributed by atoms with E-state index in [1.165, 1.54) is 0 Å². The van der Waals surface area contributed by atoms with Crippen LogP contribution < -0.4 is 11.5 Å². The molecular weight excluding hydrogens is 156 g/mol. The van der Waals surface area contributed by atoms with Crippen LogP contribution in [0.2, 0.25) is 0 Å². The molecule has 12 heavy (non-hydrogen) atoms. The van der Waals surface area contributed by atoms with Gasteiger partial charge in [-0.25, -0.2) is 0 Å². The van der Waals surface area contributed by atoms with Crippen LogP contribution >= 0.6 is 0 Å². The molecule has 0 aliphatic carbocycles. The first-order chi connectivity index (χ1) is 5.75. The highest BCUT2D eigenvalue weighted by atomic mass is 16.6. The molecule has 0 radical (unpaired) electrons. The molecule has 0 aromatic heterocycles. The Hall–Kier alpha value is -0.160. The first-order valence-electron chi connectivity index (χ1n) is 4.50. The van der Waals surface area contributed by atoms with Gasteiger partial charge in [-0.05, 0) is 12.8 Å². The van der Waals surface area contributed by atoms with Crippen LogP contribution in [0.1, 0.15) is 12.8 Å². The maximum atomic E-state index is 5.87. The van der Waals surface area contributed by atoms with Gasteiger partial charge in [0.15, 0.2) is 0 Å². The molecule has 0 amide bonds. The van der Waals surface area contributed by atoms with E-state index in [4.69, 9.17) is 20.9 Å². The van der Waals surface area contributed by atoms with Crippen LogP contribution in [0, 0.1) is 0 Å². The highest BCUT2D eigenvalue weighted by Crippen LogP contribution is 2.20. The first-order valence-corrected chi connectivity index (χ1v) is 4.50. The van der Waals surface area contributed by atoms with E-state index in [9.17, 15) is 0 Å². The van der Waals surface area contributed by atoms with Crippen LogP contribution in [-0.2, 0) is 9.47 Å². The summed E-state index contributed by atoms with van der Waals surface area (Å²) < 4.78 is 10.2. The minimum atomic E-state index is 0.0710. The number of epoxide rings is 2. The van der Waals surface area contributed by atoms with Gasteiger partial charge in [0.2, 0.25) is 0 Å². The summed E-state index contributed by atoms with van der Waals surface area (Å²) in [4.78, 5) is 0. The van der Waals surface area contributed by atoms with E-state index in [0.29, 0.717) is 12.2 Å². The molecule has 4 nitrogen and oxygen atoms in total. The van der Waals surface area contributed by atoms with E-state index in [-0.39, 0.29) is 12.1 Å². The van der Waals surface area contributed by atoms with Crippen molar-refractivity contribution in [2.75, 3.05) is 13.2 Å². The topological polar surface area (TPSA) is 77.1 Å². The lowest BCUT2D eigenvalue weighted by atomic mass is 10.0. The zero-order valence-electron chi connectivity index (χ0n) is 7.11. The predicted molar refractivity (Wildman–Crippen MR) is 44.7 cm³/mol. The number of rotatable bonds is 5. The van der Waals surface area contributed by atoms with Crippen molar-refractivity contribution in [3.63, 3.8) is 0 Å². The molecule has 2 rings (SSSR count). The fourth-order valence-electron chi connectivity index (χ4n) is 1.36. The third-order valence-electron chi connectivity index (χ3n) is 2.42. The maximum absolute atomic E-state index is 5.87. The number of hydrogen-bond acceptors (Lipinski definition) is 4. The smallest absolute Gasteiger partial charge is 0.0825 e. The highest BCUT2D eigenvalue weighted by Gasteiger charge is 2.31. The number of hydrogen-bond donors (Lipinski definition) is 2. The van der Waals surface area contributed by atoms with Gasteiger partial charge >= 0.3 is 0 Å². The third-order valence-corrected chi connectivity index (χ3v) is 2.42. The Kier molecular flexibility index (Phi) is 2.32. The van der Waals surface area contributed by atoms with Gasteiger partial charge in [0.25, 0.3) is 0 Å². The molecule has 0 spiro atoms. The molecule has 4 atom stereocenters. The molecule has 4 N–H and O–H groups in total. The maximum Gasteiger partial charge on any atom is 0.0825 e. The van der Waals surface area contributed by atoms with Gasteiger partial charge in [0.05, 0.1) is 25.4 Å². The predicted octanol–water partition coefficient (Wildman–Crippen LogP) is -0.781. The second kappa shape index (κ2) is 3.30. The molecule has 2 aliphatic rings. The SMILES string of the molecule is NC(CC1CO1)C(N)CC1CO1. The van der Waals surface area contributed by atoms with Gasteiger partial charge in [0.1, 0.15) is 0 Å². The fourth-order valence-corrected chi connectivity index (χ4v) is 1.36. The number of nitrogens with two attached hydrogens (primary N) is 2. The van der Waals surface area contributed by atoms with Crippen molar-refractivity contribution in [1.82, 2.24) is 0 Å². The summed E-state index contributed by atoms with van der Waals surface area (Å²) >= 11 is 0. The monoisotopic (exact) mass is 172 g/mol. The summed E-state index contributed by atoms with van der Waals surface area (Å²) in [5.41, 5.74) is 11.7. The lowest BCUT2D eigenvalue weighted by molar-refractivity contribution is 0.334.